The minimum absolute atomic E-state index is 0.0764. The average Bonchev–Trinajstić information content (AvgIpc) is 2.85. The van der Waals surface area contributed by atoms with Gasteiger partial charge in [0.1, 0.15) is 0 Å². The number of rotatable bonds is 4. The summed E-state index contributed by atoms with van der Waals surface area (Å²) in [6, 6.07) is 5.96. The van der Waals surface area contributed by atoms with E-state index in [1.165, 1.54) is 7.11 Å². The van der Waals surface area contributed by atoms with E-state index in [9.17, 15) is 9.18 Å². The fourth-order valence-corrected chi connectivity index (χ4v) is 2.54. The van der Waals surface area contributed by atoms with Crippen LogP contribution in [0.2, 0.25) is 0 Å². The maximum Gasteiger partial charge on any atom is 0.341 e. The number of likely N-dealkylation sites (tertiary alicyclic amines) is 1. The van der Waals surface area contributed by atoms with Crippen LogP contribution in [-0.2, 0) is 9.53 Å². The first-order valence-electron chi connectivity index (χ1n) is 6.51. The molecule has 1 aliphatic heterocycles. The summed E-state index contributed by atoms with van der Waals surface area (Å²) in [5.41, 5.74) is 1.91. The molecule has 2 atom stereocenters. The van der Waals surface area contributed by atoms with E-state index in [2.05, 4.69) is 9.72 Å². The van der Waals surface area contributed by atoms with Gasteiger partial charge in [-0.05, 0) is 38.4 Å². The minimum atomic E-state index is -1.59. The first kappa shape index (κ1) is 13.9. The van der Waals surface area contributed by atoms with Crippen molar-refractivity contribution in [2.75, 3.05) is 20.2 Å². The van der Waals surface area contributed by atoms with Gasteiger partial charge in [0.15, 0.2) is 0 Å². The quantitative estimate of drug-likeness (QED) is 0.782. The standard InChI is InChI=1S/C14H19FN2O2/c1-10-5-3-6-12(16-10)13-7-4-8-17(13)9-11(15)14(18)19-2/h3,5-6,11,13H,4,7-9H2,1-2H3/t11-,13+/m0/s1. The Hall–Kier alpha value is -1.49. The van der Waals surface area contributed by atoms with Crippen molar-refractivity contribution < 1.29 is 13.9 Å². The second-order valence-electron chi connectivity index (χ2n) is 4.85. The predicted octanol–water partition coefficient (Wildman–Crippen LogP) is 2.04. The largest absolute Gasteiger partial charge is 0.467 e. The number of aromatic nitrogens is 1. The van der Waals surface area contributed by atoms with E-state index in [1.807, 2.05) is 30.0 Å². The normalized spacial score (nSPS) is 21.3. The van der Waals surface area contributed by atoms with Crippen molar-refractivity contribution in [3.05, 3.63) is 29.6 Å². The van der Waals surface area contributed by atoms with Crippen LogP contribution < -0.4 is 0 Å². The van der Waals surface area contributed by atoms with E-state index in [4.69, 9.17) is 0 Å². The molecule has 1 fully saturated rings. The first-order valence-corrected chi connectivity index (χ1v) is 6.51. The third-order valence-electron chi connectivity index (χ3n) is 3.47. The van der Waals surface area contributed by atoms with Crippen LogP contribution in [0.15, 0.2) is 18.2 Å². The predicted molar refractivity (Wildman–Crippen MR) is 69.4 cm³/mol. The van der Waals surface area contributed by atoms with Crippen LogP contribution in [0, 0.1) is 6.92 Å². The van der Waals surface area contributed by atoms with E-state index in [0.717, 1.165) is 30.8 Å². The lowest BCUT2D eigenvalue weighted by molar-refractivity contribution is -0.147. The van der Waals surface area contributed by atoms with Gasteiger partial charge >= 0.3 is 5.97 Å². The molecule has 0 N–H and O–H groups in total. The third kappa shape index (κ3) is 3.29. The van der Waals surface area contributed by atoms with Crippen molar-refractivity contribution in [2.24, 2.45) is 0 Å². The molecule has 0 radical (unpaired) electrons. The second-order valence-corrected chi connectivity index (χ2v) is 4.85. The van der Waals surface area contributed by atoms with Crippen molar-refractivity contribution >= 4 is 5.97 Å². The number of hydrogen-bond acceptors (Lipinski definition) is 4. The monoisotopic (exact) mass is 266 g/mol. The summed E-state index contributed by atoms with van der Waals surface area (Å²) >= 11 is 0. The van der Waals surface area contributed by atoms with Gasteiger partial charge < -0.3 is 4.74 Å². The maximum absolute atomic E-state index is 13.7. The van der Waals surface area contributed by atoms with Gasteiger partial charge in [0.25, 0.3) is 0 Å². The van der Waals surface area contributed by atoms with Gasteiger partial charge in [0, 0.05) is 12.2 Å². The number of methoxy groups -OCH3 is 1. The molecule has 0 aliphatic carbocycles. The molecule has 4 nitrogen and oxygen atoms in total. The summed E-state index contributed by atoms with van der Waals surface area (Å²) in [5.74, 6) is -0.803. The molecule has 0 amide bonds. The molecule has 0 saturated carbocycles. The fraction of sp³-hybridized carbons (Fsp3) is 0.571. The Morgan fingerprint density at radius 1 is 1.63 bits per heavy atom. The number of esters is 1. The Bertz CT molecular complexity index is 453. The first-order chi connectivity index (χ1) is 9.11. The van der Waals surface area contributed by atoms with Crippen molar-refractivity contribution in [3.63, 3.8) is 0 Å². The molecule has 0 spiro atoms. The number of ether oxygens (including phenoxy) is 1. The number of carbonyl (C=O) groups is 1. The molecule has 1 saturated heterocycles. The van der Waals surface area contributed by atoms with Crippen LogP contribution in [0.4, 0.5) is 4.39 Å². The van der Waals surface area contributed by atoms with Crippen LogP contribution in [0.5, 0.6) is 0 Å². The van der Waals surface area contributed by atoms with E-state index in [0.29, 0.717) is 0 Å². The van der Waals surface area contributed by atoms with Crippen LogP contribution in [0.1, 0.15) is 30.3 Å². The number of hydrogen-bond donors (Lipinski definition) is 0. The Balaban J connectivity index is 2.07. The number of nitrogens with zero attached hydrogens (tertiary/aromatic N) is 2. The zero-order valence-electron chi connectivity index (χ0n) is 11.3. The summed E-state index contributed by atoms with van der Waals surface area (Å²) < 4.78 is 18.1. The van der Waals surface area contributed by atoms with Crippen LogP contribution in [0.3, 0.4) is 0 Å². The number of pyridine rings is 1. The van der Waals surface area contributed by atoms with Crippen molar-refractivity contribution in [1.29, 1.82) is 0 Å². The zero-order valence-corrected chi connectivity index (χ0v) is 11.3. The highest BCUT2D eigenvalue weighted by atomic mass is 19.1. The molecule has 2 rings (SSSR count). The molecule has 104 valence electrons. The average molecular weight is 266 g/mol. The highest BCUT2D eigenvalue weighted by molar-refractivity contribution is 5.74. The molecule has 1 aromatic rings. The van der Waals surface area contributed by atoms with Gasteiger partial charge in [-0.25, -0.2) is 9.18 Å². The summed E-state index contributed by atoms with van der Waals surface area (Å²) in [7, 11) is 1.21. The SMILES string of the molecule is COC(=O)[C@@H](F)CN1CCC[C@@H]1c1cccc(C)n1. The van der Waals surface area contributed by atoms with Gasteiger partial charge in [0.05, 0.1) is 18.8 Å². The molecule has 0 aromatic carbocycles. The summed E-state index contributed by atoms with van der Waals surface area (Å²) in [6.45, 7) is 2.81. The molecule has 0 unspecified atom stereocenters. The number of alkyl halides is 1. The zero-order chi connectivity index (χ0) is 13.8. The lowest BCUT2D eigenvalue weighted by Crippen LogP contribution is -2.35. The van der Waals surface area contributed by atoms with Gasteiger partial charge in [-0.15, -0.1) is 0 Å². The number of carbonyl (C=O) groups excluding carboxylic acids is 1. The molecule has 5 heteroatoms. The minimum Gasteiger partial charge on any atom is -0.467 e. The summed E-state index contributed by atoms with van der Waals surface area (Å²) in [5, 5.41) is 0. The third-order valence-corrected chi connectivity index (χ3v) is 3.47. The molecule has 1 aliphatic rings. The van der Waals surface area contributed by atoms with Crippen LogP contribution >= 0.6 is 0 Å². The van der Waals surface area contributed by atoms with Gasteiger partial charge in [-0.3, -0.25) is 9.88 Å². The number of aryl methyl sites for hydroxylation is 1. The summed E-state index contributed by atoms with van der Waals surface area (Å²) in [4.78, 5) is 17.6. The van der Waals surface area contributed by atoms with Gasteiger partial charge in [-0.2, -0.15) is 0 Å². The smallest absolute Gasteiger partial charge is 0.341 e. The molecule has 0 bridgehead atoms. The molecule has 2 heterocycles. The van der Waals surface area contributed by atoms with Crippen molar-refractivity contribution in [3.8, 4) is 0 Å². The van der Waals surface area contributed by atoms with Gasteiger partial charge in [-0.1, -0.05) is 6.07 Å². The molecular weight excluding hydrogens is 247 g/mol. The Morgan fingerprint density at radius 2 is 2.42 bits per heavy atom. The fourth-order valence-electron chi connectivity index (χ4n) is 2.54. The van der Waals surface area contributed by atoms with E-state index >= 15 is 0 Å². The van der Waals surface area contributed by atoms with E-state index < -0.39 is 12.1 Å². The number of halogens is 1. The molecule has 19 heavy (non-hydrogen) atoms. The Labute approximate surface area is 112 Å². The lowest BCUT2D eigenvalue weighted by atomic mass is 10.1. The van der Waals surface area contributed by atoms with Crippen LogP contribution in [0.25, 0.3) is 0 Å². The topological polar surface area (TPSA) is 42.4 Å². The lowest BCUT2D eigenvalue weighted by Gasteiger charge is -2.24. The summed E-state index contributed by atoms with van der Waals surface area (Å²) in [6.07, 6.45) is 0.355. The van der Waals surface area contributed by atoms with Crippen molar-refractivity contribution in [2.45, 2.75) is 32.0 Å². The van der Waals surface area contributed by atoms with Gasteiger partial charge in [0.2, 0.25) is 6.17 Å². The Kier molecular flexibility index (Phi) is 4.47. The van der Waals surface area contributed by atoms with E-state index in [-0.39, 0.29) is 12.6 Å². The maximum atomic E-state index is 13.7. The Morgan fingerprint density at radius 3 is 3.11 bits per heavy atom. The highest BCUT2D eigenvalue weighted by Gasteiger charge is 2.31. The highest BCUT2D eigenvalue weighted by Crippen LogP contribution is 2.31. The van der Waals surface area contributed by atoms with Crippen molar-refractivity contribution in [1.82, 2.24) is 9.88 Å². The van der Waals surface area contributed by atoms with Crippen LogP contribution in [-0.4, -0.2) is 42.2 Å². The second kappa shape index (κ2) is 6.10. The molecular formula is C14H19FN2O2. The van der Waals surface area contributed by atoms with E-state index in [1.54, 1.807) is 0 Å². The molecule has 1 aromatic heterocycles.